The number of ether oxygens (including phenoxy) is 2. The number of fused-ring (bicyclic) bond motifs is 1. The Hall–Kier alpha value is -2.94. The van der Waals surface area contributed by atoms with E-state index < -0.39 is 0 Å². The van der Waals surface area contributed by atoms with Gasteiger partial charge in [0.25, 0.3) is 5.91 Å². The third-order valence-corrected chi connectivity index (χ3v) is 5.41. The van der Waals surface area contributed by atoms with E-state index in [2.05, 4.69) is 20.8 Å². The van der Waals surface area contributed by atoms with Gasteiger partial charge in [0.1, 0.15) is 24.0 Å². The van der Waals surface area contributed by atoms with Crippen molar-refractivity contribution < 1.29 is 14.3 Å². The van der Waals surface area contributed by atoms with Crippen molar-refractivity contribution in [2.75, 3.05) is 13.2 Å². The Bertz CT molecular complexity index is 938. The first-order valence-electron chi connectivity index (χ1n) is 8.13. The van der Waals surface area contributed by atoms with Crippen molar-refractivity contribution in [3.63, 3.8) is 0 Å². The Morgan fingerprint density at radius 3 is 2.92 bits per heavy atom. The van der Waals surface area contributed by atoms with Crippen LogP contribution in [0.25, 0.3) is 5.00 Å². The molecule has 1 aromatic carbocycles. The summed E-state index contributed by atoms with van der Waals surface area (Å²) in [6, 6.07) is 7.50. The normalized spacial score (nSPS) is 15.7. The van der Waals surface area contributed by atoms with Crippen LogP contribution in [0.1, 0.15) is 20.8 Å². The van der Waals surface area contributed by atoms with Gasteiger partial charge in [-0.05, 0) is 42.0 Å². The third kappa shape index (κ3) is 3.01. The van der Waals surface area contributed by atoms with Crippen LogP contribution in [0.5, 0.6) is 11.5 Å². The maximum atomic E-state index is 12.8. The summed E-state index contributed by atoms with van der Waals surface area (Å²) in [6.07, 6.45) is 1.24. The van der Waals surface area contributed by atoms with Crippen LogP contribution < -0.4 is 14.8 Å². The number of tetrazole rings is 1. The minimum absolute atomic E-state index is 0.181. The van der Waals surface area contributed by atoms with Crippen LogP contribution in [0.15, 0.2) is 30.6 Å². The molecule has 1 aliphatic heterocycles. The van der Waals surface area contributed by atoms with E-state index in [1.54, 1.807) is 0 Å². The van der Waals surface area contributed by atoms with E-state index in [-0.39, 0.29) is 12.0 Å². The van der Waals surface area contributed by atoms with E-state index >= 15 is 0 Å². The van der Waals surface area contributed by atoms with E-state index in [1.807, 2.05) is 38.1 Å². The van der Waals surface area contributed by atoms with Crippen molar-refractivity contribution in [2.45, 2.75) is 20.0 Å². The van der Waals surface area contributed by atoms with Gasteiger partial charge in [-0.1, -0.05) is 12.1 Å². The first-order chi connectivity index (χ1) is 12.6. The molecule has 8 nitrogen and oxygen atoms in total. The summed E-state index contributed by atoms with van der Waals surface area (Å²) in [4.78, 5) is 13.8. The highest BCUT2D eigenvalue weighted by molar-refractivity contribution is 7.15. The highest BCUT2D eigenvalue weighted by Gasteiger charge is 2.25. The molecule has 2 aromatic heterocycles. The highest BCUT2D eigenvalue weighted by Crippen LogP contribution is 2.31. The van der Waals surface area contributed by atoms with Crippen LogP contribution in [0, 0.1) is 13.8 Å². The van der Waals surface area contributed by atoms with Gasteiger partial charge < -0.3 is 14.8 Å². The van der Waals surface area contributed by atoms with Gasteiger partial charge in [-0.25, -0.2) is 0 Å². The number of hydrogen-bond donors (Lipinski definition) is 1. The molecular weight excluding hydrogens is 354 g/mol. The second kappa shape index (κ2) is 6.75. The van der Waals surface area contributed by atoms with Crippen molar-refractivity contribution in [1.82, 2.24) is 25.5 Å². The molecule has 1 atom stereocenters. The number of aromatic nitrogens is 4. The van der Waals surface area contributed by atoms with Crippen molar-refractivity contribution in [2.24, 2.45) is 0 Å². The molecule has 4 rings (SSSR count). The average molecular weight is 371 g/mol. The number of thiophene rings is 1. The number of nitrogens with zero attached hydrogens (tertiary/aromatic N) is 4. The molecule has 0 radical (unpaired) electrons. The SMILES string of the molecule is Cc1sc(-n2cnnn2)c(C(=O)NC[C@@H]2COc3ccccc3O2)c1C. The standard InChI is InChI=1S/C17H17N5O3S/c1-10-11(2)26-17(22-9-19-20-21-22)15(10)16(23)18-7-12-8-24-13-5-3-4-6-14(13)25-12/h3-6,9,12H,7-8H2,1-2H3,(H,18,23)/t12-/m1/s1. The van der Waals surface area contributed by atoms with E-state index in [4.69, 9.17) is 9.47 Å². The van der Waals surface area contributed by atoms with Crippen LogP contribution in [-0.4, -0.2) is 45.4 Å². The van der Waals surface area contributed by atoms with E-state index in [0.717, 1.165) is 16.2 Å². The van der Waals surface area contributed by atoms with Crippen molar-refractivity contribution in [3.8, 4) is 16.5 Å². The highest BCUT2D eigenvalue weighted by atomic mass is 32.1. The Morgan fingerprint density at radius 1 is 1.35 bits per heavy atom. The van der Waals surface area contributed by atoms with Gasteiger partial charge in [-0.15, -0.1) is 16.4 Å². The molecule has 3 heterocycles. The van der Waals surface area contributed by atoms with Crippen LogP contribution >= 0.6 is 11.3 Å². The molecule has 0 aliphatic carbocycles. The molecule has 9 heteroatoms. The van der Waals surface area contributed by atoms with E-state index in [9.17, 15) is 4.79 Å². The number of benzene rings is 1. The van der Waals surface area contributed by atoms with Crippen LogP contribution in [-0.2, 0) is 0 Å². The fraction of sp³-hybridized carbons (Fsp3) is 0.294. The second-order valence-corrected chi connectivity index (χ2v) is 7.13. The molecule has 0 saturated carbocycles. The molecular formula is C17H17N5O3S. The molecule has 1 N–H and O–H groups in total. The lowest BCUT2D eigenvalue weighted by atomic mass is 10.1. The molecule has 0 fully saturated rings. The predicted octanol–water partition coefficient (Wildman–Crippen LogP) is 1.91. The zero-order valence-corrected chi connectivity index (χ0v) is 15.1. The summed E-state index contributed by atoms with van der Waals surface area (Å²) in [5.74, 6) is 1.23. The Morgan fingerprint density at radius 2 is 2.15 bits per heavy atom. The van der Waals surface area contributed by atoms with Crippen molar-refractivity contribution in [3.05, 3.63) is 46.6 Å². The number of rotatable bonds is 4. The minimum Gasteiger partial charge on any atom is -0.486 e. The van der Waals surface area contributed by atoms with Gasteiger partial charge in [0.15, 0.2) is 11.5 Å². The molecule has 1 aliphatic rings. The quantitative estimate of drug-likeness (QED) is 0.753. The largest absolute Gasteiger partial charge is 0.486 e. The first kappa shape index (κ1) is 16.5. The van der Waals surface area contributed by atoms with Crippen LogP contribution in [0.4, 0.5) is 0 Å². The number of aryl methyl sites for hydroxylation is 1. The predicted molar refractivity (Wildman–Crippen MR) is 95.2 cm³/mol. The Labute approximate surface area is 153 Å². The van der Waals surface area contributed by atoms with Gasteiger partial charge in [0, 0.05) is 4.88 Å². The summed E-state index contributed by atoms with van der Waals surface area (Å²) in [5, 5.41) is 14.8. The number of carbonyl (C=O) groups is 1. The second-order valence-electron chi connectivity index (χ2n) is 5.93. The zero-order valence-electron chi connectivity index (χ0n) is 14.3. The Kier molecular flexibility index (Phi) is 4.29. The smallest absolute Gasteiger partial charge is 0.254 e. The van der Waals surface area contributed by atoms with Crippen LogP contribution in [0.3, 0.4) is 0 Å². The zero-order chi connectivity index (χ0) is 18.1. The van der Waals surface area contributed by atoms with E-state index in [0.29, 0.717) is 29.5 Å². The summed E-state index contributed by atoms with van der Waals surface area (Å²) >= 11 is 1.48. The molecule has 0 saturated heterocycles. The fourth-order valence-corrected chi connectivity index (χ4v) is 3.82. The van der Waals surface area contributed by atoms with Crippen LogP contribution in [0.2, 0.25) is 0 Å². The van der Waals surface area contributed by atoms with Gasteiger partial charge in [0.05, 0.1) is 12.1 Å². The average Bonchev–Trinajstić information content (AvgIpc) is 3.28. The molecule has 1 amide bonds. The van der Waals surface area contributed by atoms with Gasteiger partial charge in [-0.2, -0.15) is 4.68 Å². The molecule has 0 unspecified atom stereocenters. The summed E-state index contributed by atoms with van der Waals surface area (Å²) in [5.41, 5.74) is 1.50. The molecule has 134 valence electrons. The molecule has 0 bridgehead atoms. The van der Waals surface area contributed by atoms with Crippen molar-refractivity contribution >= 4 is 17.2 Å². The summed E-state index contributed by atoms with van der Waals surface area (Å²) in [7, 11) is 0. The monoisotopic (exact) mass is 371 g/mol. The van der Waals surface area contributed by atoms with E-state index in [1.165, 1.54) is 22.3 Å². The van der Waals surface area contributed by atoms with Gasteiger partial charge >= 0.3 is 0 Å². The fourth-order valence-electron chi connectivity index (χ4n) is 2.75. The van der Waals surface area contributed by atoms with Gasteiger partial charge in [-0.3, -0.25) is 4.79 Å². The Balaban J connectivity index is 1.48. The number of carbonyl (C=O) groups excluding carboxylic acids is 1. The third-order valence-electron chi connectivity index (χ3n) is 4.21. The number of para-hydroxylation sites is 2. The molecule has 3 aromatic rings. The van der Waals surface area contributed by atoms with Crippen molar-refractivity contribution in [1.29, 1.82) is 0 Å². The maximum absolute atomic E-state index is 12.8. The molecule has 0 spiro atoms. The van der Waals surface area contributed by atoms with Gasteiger partial charge in [0.2, 0.25) is 0 Å². The lowest BCUT2D eigenvalue weighted by Gasteiger charge is -2.26. The topological polar surface area (TPSA) is 91.2 Å². The lowest BCUT2D eigenvalue weighted by Crippen LogP contribution is -2.41. The summed E-state index contributed by atoms with van der Waals surface area (Å²) in [6.45, 7) is 4.63. The summed E-state index contributed by atoms with van der Waals surface area (Å²) < 4.78 is 13.1. The number of amides is 1. The number of nitrogens with one attached hydrogen (secondary N) is 1. The number of hydrogen-bond acceptors (Lipinski definition) is 7. The lowest BCUT2D eigenvalue weighted by molar-refractivity contribution is 0.0789. The first-order valence-corrected chi connectivity index (χ1v) is 8.95. The maximum Gasteiger partial charge on any atom is 0.254 e. The minimum atomic E-state index is -0.245. The molecule has 26 heavy (non-hydrogen) atoms.